The number of carboxylic acid groups (broad SMARTS) is 1. The molecule has 120 valence electrons. The second-order valence-electron chi connectivity index (χ2n) is 4.98. The van der Waals surface area contributed by atoms with Crippen LogP contribution in [0.4, 0.5) is 0 Å². The van der Waals surface area contributed by atoms with Crippen LogP contribution < -0.4 is 0 Å². The third-order valence-electron chi connectivity index (χ3n) is 3.20. The molecule has 0 aliphatic heterocycles. The third kappa shape index (κ3) is 5.46. The van der Waals surface area contributed by atoms with Gasteiger partial charge in [-0.25, -0.2) is 4.79 Å². The lowest BCUT2D eigenvalue weighted by atomic mass is 10.1. The van der Waals surface area contributed by atoms with Crippen LogP contribution in [-0.4, -0.2) is 16.2 Å². The van der Waals surface area contributed by atoms with Crippen molar-refractivity contribution in [2.24, 2.45) is 0 Å². The minimum atomic E-state index is -1.11. The van der Waals surface area contributed by atoms with E-state index in [2.05, 4.69) is 36.4 Å². The summed E-state index contributed by atoms with van der Waals surface area (Å²) in [6.45, 7) is 0. The molecule has 0 radical (unpaired) electrons. The molecule has 3 nitrogen and oxygen atoms in total. The lowest BCUT2D eigenvalue weighted by Gasteiger charge is -1.95. The van der Waals surface area contributed by atoms with Crippen LogP contribution in [-0.2, 0) is 0 Å². The Morgan fingerprint density at radius 3 is 1.46 bits per heavy atom. The van der Waals surface area contributed by atoms with E-state index >= 15 is 0 Å². The van der Waals surface area contributed by atoms with Crippen molar-refractivity contribution >= 4 is 18.1 Å². The average Bonchev–Trinajstić information content (AvgIpc) is 2.62. The number of carbonyl (C=O) groups is 1. The first-order chi connectivity index (χ1) is 11.7. The van der Waals surface area contributed by atoms with Crippen molar-refractivity contribution in [3.8, 4) is 5.75 Å². The van der Waals surface area contributed by atoms with Crippen molar-refractivity contribution in [2.45, 2.75) is 0 Å². The summed E-state index contributed by atoms with van der Waals surface area (Å²) in [5.74, 6) is -1.31. The number of benzene rings is 3. The molecular weight excluding hydrogens is 300 g/mol. The van der Waals surface area contributed by atoms with Crippen molar-refractivity contribution in [3.05, 3.63) is 102 Å². The molecule has 0 saturated carbocycles. The molecule has 3 heteroatoms. The van der Waals surface area contributed by atoms with E-state index in [1.807, 2.05) is 36.4 Å². The standard InChI is InChI=1S/C14H12.C7H6O3/c1-3-7-13(8-4-1)11-12-14-9-5-2-6-10-14;8-6-4-2-1-3-5(6)7(9)10/h1-12H;1-4,8H,(H,9,10). The van der Waals surface area contributed by atoms with E-state index in [-0.39, 0.29) is 11.3 Å². The van der Waals surface area contributed by atoms with E-state index in [0.717, 1.165) is 0 Å². The van der Waals surface area contributed by atoms with Crippen molar-refractivity contribution in [1.82, 2.24) is 0 Å². The van der Waals surface area contributed by atoms with Crippen LogP contribution in [0.2, 0.25) is 0 Å². The topological polar surface area (TPSA) is 57.5 Å². The van der Waals surface area contributed by atoms with Gasteiger partial charge < -0.3 is 10.2 Å². The predicted molar refractivity (Wildman–Crippen MR) is 96.9 cm³/mol. The number of aromatic carboxylic acids is 1. The molecule has 3 aromatic rings. The Balaban J connectivity index is 0.000000185. The molecule has 0 aliphatic carbocycles. The average molecular weight is 318 g/mol. The molecule has 0 spiro atoms. The molecule has 0 bridgehead atoms. The summed E-state index contributed by atoms with van der Waals surface area (Å²) in [6.07, 6.45) is 4.24. The van der Waals surface area contributed by atoms with Crippen molar-refractivity contribution in [2.75, 3.05) is 0 Å². The molecule has 2 N–H and O–H groups in total. The highest BCUT2D eigenvalue weighted by Gasteiger charge is 2.05. The summed E-state index contributed by atoms with van der Waals surface area (Å²) in [6, 6.07) is 26.4. The molecule has 0 aliphatic rings. The van der Waals surface area contributed by atoms with Gasteiger partial charge in [-0.3, -0.25) is 0 Å². The Hall–Kier alpha value is -3.33. The summed E-state index contributed by atoms with van der Waals surface area (Å²) >= 11 is 0. The van der Waals surface area contributed by atoms with Crippen molar-refractivity contribution < 1.29 is 15.0 Å². The maximum Gasteiger partial charge on any atom is 0.339 e. The maximum atomic E-state index is 10.3. The van der Waals surface area contributed by atoms with Crippen LogP contribution in [0.25, 0.3) is 12.2 Å². The van der Waals surface area contributed by atoms with Gasteiger partial charge in [0.05, 0.1) is 0 Å². The van der Waals surface area contributed by atoms with Crippen LogP contribution in [0.15, 0.2) is 84.9 Å². The maximum absolute atomic E-state index is 10.3. The number of phenols is 1. The van der Waals surface area contributed by atoms with E-state index in [1.54, 1.807) is 12.1 Å². The van der Waals surface area contributed by atoms with Crippen LogP contribution in [0.3, 0.4) is 0 Å². The van der Waals surface area contributed by atoms with E-state index in [4.69, 9.17) is 10.2 Å². The molecule has 3 aromatic carbocycles. The van der Waals surface area contributed by atoms with E-state index in [9.17, 15) is 4.79 Å². The molecule has 3 rings (SSSR count). The lowest BCUT2D eigenvalue weighted by Crippen LogP contribution is -1.95. The smallest absolute Gasteiger partial charge is 0.339 e. The number of rotatable bonds is 3. The van der Waals surface area contributed by atoms with E-state index in [0.29, 0.717) is 0 Å². The van der Waals surface area contributed by atoms with Gasteiger partial charge in [0.2, 0.25) is 0 Å². The zero-order chi connectivity index (χ0) is 17.2. The van der Waals surface area contributed by atoms with Gasteiger partial charge in [0.25, 0.3) is 0 Å². The molecule has 0 saturated heterocycles. The molecular formula is C21H18O3. The second-order valence-corrected chi connectivity index (χ2v) is 4.98. The monoisotopic (exact) mass is 318 g/mol. The van der Waals surface area contributed by atoms with E-state index < -0.39 is 5.97 Å². The van der Waals surface area contributed by atoms with Crippen LogP contribution in [0.1, 0.15) is 21.5 Å². The molecule has 0 atom stereocenters. The van der Waals surface area contributed by atoms with Gasteiger partial charge in [-0.2, -0.15) is 0 Å². The number of carboxylic acids is 1. The Bertz CT molecular complexity index is 752. The zero-order valence-corrected chi connectivity index (χ0v) is 13.0. The first-order valence-electron chi connectivity index (χ1n) is 7.46. The first kappa shape index (κ1) is 17.0. The van der Waals surface area contributed by atoms with Crippen molar-refractivity contribution in [3.63, 3.8) is 0 Å². The lowest BCUT2D eigenvalue weighted by molar-refractivity contribution is 0.0693. The normalized spacial score (nSPS) is 10.0. The Morgan fingerprint density at radius 1 is 0.667 bits per heavy atom. The first-order valence-corrected chi connectivity index (χ1v) is 7.46. The van der Waals surface area contributed by atoms with Gasteiger partial charge >= 0.3 is 5.97 Å². The summed E-state index contributed by atoms with van der Waals surface area (Å²) in [7, 11) is 0. The molecule has 24 heavy (non-hydrogen) atoms. The quantitative estimate of drug-likeness (QED) is 0.672. The second kappa shape index (κ2) is 8.96. The van der Waals surface area contributed by atoms with Crippen LogP contribution in [0.5, 0.6) is 5.75 Å². The summed E-state index contributed by atoms with van der Waals surface area (Å²) in [5, 5.41) is 17.3. The number of aromatic hydroxyl groups is 1. The summed E-state index contributed by atoms with van der Waals surface area (Å²) < 4.78 is 0. The highest BCUT2D eigenvalue weighted by atomic mass is 16.4. The van der Waals surface area contributed by atoms with Crippen LogP contribution in [0, 0.1) is 0 Å². The number of hydrogen-bond acceptors (Lipinski definition) is 2. The van der Waals surface area contributed by atoms with Gasteiger partial charge in [0.1, 0.15) is 11.3 Å². The summed E-state index contributed by atoms with van der Waals surface area (Å²) in [5.41, 5.74) is 2.40. The fourth-order valence-electron chi connectivity index (χ4n) is 1.98. The molecule has 0 unspecified atom stereocenters. The van der Waals surface area contributed by atoms with Crippen molar-refractivity contribution in [1.29, 1.82) is 0 Å². The summed E-state index contributed by atoms with van der Waals surface area (Å²) in [4.78, 5) is 10.3. The van der Waals surface area contributed by atoms with E-state index in [1.165, 1.54) is 23.3 Å². The number of para-hydroxylation sites is 1. The molecule has 0 heterocycles. The number of hydrogen-bond donors (Lipinski definition) is 2. The van der Waals surface area contributed by atoms with Gasteiger partial charge in [0, 0.05) is 0 Å². The fourth-order valence-corrected chi connectivity index (χ4v) is 1.98. The molecule has 0 fully saturated rings. The third-order valence-corrected chi connectivity index (χ3v) is 3.20. The minimum absolute atomic E-state index is 0.0671. The molecule has 0 aromatic heterocycles. The molecule has 0 amide bonds. The SMILES string of the molecule is C(=Cc1ccccc1)c1ccccc1.O=C(O)c1ccccc1O. The highest BCUT2D eigenvalue weighted by molar-refractivity contribution is 5.90. The fraction of sp³-hybridized carbons (Fsp3) is 0. The Labute approximate surface area is 141 Å². The minimum Gasteiger partial charge on any atom is -0.507 e. The van der Waals surface area contributed by atoms with Crippen LogP contribution >= 0.6 is 0 Å². The zero-order valence-electron chi connectivity index (χ0n) is 13.0. The van der Waals surface area contributed by atoms with Gasteiger partial charge in [0.15, 0.2) is 0 Å². The highest BCUT2D eigenvalue weighted by Crippen LogP contribution is 2.14. The largest absolute Gasteiger partial charge is 0.507 e. The van der Waals surface area contributed by atoms with Gasteiger partial charge in [-0.1, -0.05) is 84.9 Å². The Kier molecular flexibility index (Phi) is 6.35. The van der Waals surface area contributed by atoms with Gasteiger partial charge in [-0.15, -0.1) is 0 Å². The Morgan fingerprint density at radius 2 is 1.08 bits per heavy atom. The predicted octanol–water partition coefficient (Wildman–Crippen LogP) is 4.95. The van der Waals surface area contributed by atoms with Gasteiger partial charge in [-0.05, 0) is 23.3 Å².